The second-order valence-corrected chi connectivity index (χ2v) is 8.54. The predicted molar refractivity (Wildman–Crippen MR) is 109 cm³/mol. The smallest absolute Gasteiger partial charge is 0.162 e. The van der Waals surface area contributed by atoms with Gasteiger partial charge in [0.1, 0.15) is 11.6 Å². The second-order valence-electron chi connectivity index (χ2n) is 6.34. The molecule has 0 aliphatic heterocycles. The third kappa shape index (κ3) is 5.47. The largest absolute Gasteiger partial charge is 0.493 e. The van der Waals surface area contributed by atoms with Gasteiger partial charge in [0.2, 0.25) is 0 Å². The van der Waals surface area contributed by atoms with Crippen LogP contribution < -0.4 is 9.47 Å². The van der Waals surface area contributed by atoms with Crippen LogP contribution in [-0.4, -0.2) is 40.8 Å². The van der Waals surface area contributed by atoms with Crippen LogP contribution in [-0.2, 0) is 19.6 Å². The maximum absolute atomic E-state index is 5.94. The number of benzene rings is 1. The highest BCUT2D eigenvalue weighted by atomic mass is 32.1. The molecule has 0 aliphatic rings. The maximum atomic E-state index is 5.94. The molecule has 1 aromatic carbocycles. The topological polar surface area (TPSA) is 60.4 Å². The van der Waals surface area contributed by atoms with Crippen LogP contribution in [0.2, 0.25) is 0 Å². The molecule has 0 saturated carbocycles. The first-order chi connectivity index (χ1) is 13.0. The summed E-state index contributed by atoms with van der Waals surface area (Å²) in [6.45, 7) is 6.22. The fourth-order valence-electron chi connectivity index (χ4n) is 2.72. The zero-order valence-electron chi connectivity index (χ0n) is 16.1. The zero-order valence-corrected chi connectivity index (χ0v) is 17.7. The fourth-order valence-corrected chi connectivity index (χ4v) is 4.11. The lowest BCUT2D eigenvalue weighted by molar-refractivity contribution is 0.281. The van der Waals surface area contributed by atoms with Crippen LogP contribution in [0.4, 0.5) is 0 Å². The van der Waals surface area contributed by atoms with Crippen molar-refractivity contribution in [2.45, 2.75) is 33.4 Å². The van der Waals surface area contributed by atoms with Gasteiger partial charge in [-0.3, -0.25) is 0 Å². The molecule has 0 radical (unpaired) electrons. The Morgan fingerprint density at radius 2 is 2.00 bits per heavy atom. The first kappa shape index (κ1) is 19.7. The Balaban J connectivity index is 1.60. The van der Waals surface area contributed by atoms with Crippen molar-refractivity contribution in [3.63, 3.8) is 0 Å². The zero-order chi connectivity index (χ0) is 19.2. The van der Waals surface area contributed by atoms with Crippen molar-refractivity contribution in [3.05, 3.63) is 49.9 Å². The number of aryl methyl sites for hydroxylation is 2. The van der Waals surface area contributed by atoms with E-state index in [1.165, 1.54) is 10.4 Å². The standard InChI is InChI=1S/C19H24N4O2S2/c1-13-18(26-12-20-13)7-8-23(3)10-15-5-6-16(24-4)17(9-15)25-11-19-22-21-14(2)27-19/h5-6,9,12H,7-8,10-11H2,1-4H3. The van der Waals surface area contributed by atoms with Crippen molar-refractivity contribution in [1.82, 2.24) is 20.1 Å². The Kier molecular flexibility index (Phi) is 6.76. The van der Waals surface area contributed by atoms with E-state index in [0.717, 1.165) is 46.7 Å². The Hall–Kier alpha value is -2.03. The summed E-state index contributed by atoms with van der Waals surface area (Å²) >= 11 is 3.27. The van der Waals surface area contributed by atoms with E-state index in [2.05, 4.69) is 40.1 Å². The average Bonchev–Trinajstić information content (AvgIpc) is 3.26. The highest BCUT2D eigenvalue weighted by Gasteiger charge is 2.10. The van der Waals surface area contributed by atoms with E-state index in [0.29, 0.717) is 6.61 Å². The lowest BCUT2D eigenvalue weighted by atomic mass is 10.2. The first-order valence-electron chi connectivity index (χ1n) is 8.71. The molecule has 3 aromatic rings. The molecule has 2 heterocycles. The van der Waals surface area contributed by atoms with Crippen molar-refractivity contribution in [3.8, 4) is 11.5 Å². The van der Waals surface area contributed by atoms with Crippen LogP contribution in [0.3, 0.4) is 0 Å². The van der Waals surface area contributed by atoms with Gasteiger partial charge in [-0.1, -0.05) is 17.4 Å². The number of nitrogens with zero attached hydrogens (tertiary/aromatic N) is 4. The van der Waals surface area contributed by atoms with Gasteiger partial charge in [0.15, 0.2) is 16.5 Å². The van der Waals surface area contributed by atoms with Crippen LogP contribution in [0.25, 0.3) is 0 Å². The molecule has 2 aromatic heterocycles. The molecule has 0 aliphatic carbocycles. The number of aromatic nitrogens is 3. The summed E-state index contributed by atoms with van der Waals surface area (Å²) in [5.74, 6) is 1.46. The van der Waals surface area contributed by atoms with Crippen LogP contribution in [0.1, 0.15) is 26.1 Å². The molecule has 6 nitrogen and oxygen atoms in total. The summed E-state index contributed by atoms with van der Waals surface area (Å²) < 4.78 is 11.4. The van der Waals surface area contributed by atoms with E-state index in [-0.39, 0.29) is 0 Å². The number of rotatable bonds is 9. The summed E-state index contributed by atoms with van der Waals surface area (Å²) in [7, 11) is 3.78. The number of ether oxygens (including phenoxy) is 2. The molecule has 0 saturated heterocycles. The third-order valence-electron chi connectivity index (χ3n) is 4.16. The van der Waals surface area contributed by atoms with Crippen LogP contribution in [0.15, 0.2) is 23.7 Å². The summed E-state index contributed by atoms with van der Waals surface area (Å²) in [4.78, 5) is 7.98. The molecule has 27 heavy (non-hydrogen) atoms. The summed E-state index contributed by atoms with van der Waals surface area (Å²) in [5.41, 5.74) is 4.24. The molecule has 0 unspecified atom stereocenters. The minimum absolute atomic E-state index is 0.395. The Morgan fingerprint density at radius 3 is 2.67 bits per heavy atom. The van der Waals surface area contributed by atoms with E-state index in [1.807, 2.05) is 24.6 Å². The van der Waals surface area contributed by atoms with Crippen molar-refractivity contribution in [2.24, 2.45) is 0 Å². The third-order valence-corrected chi connectivity index (χ3v) is 5.97. The van der Waals surface area contributed by atoms with Crippen molar-refractivity contribution < 1.29 is 9.47 Å². The molecule has 0 bridgehead atoms. The van der Waals surface area contributed by atoms with Gasteiger partial charge in [0, 0.05) is 18.0 Å². The van der Waals surface area contributed by atoms with Crippen molar-refractivity contribution in [1.29, 1.82) is 0 Å². The lowest BCUT2D eigenvalue weighted by Gasteiger charge is -2.18. The maximum Gasteiger partial charge on any atom is 0.162 e. The monoisotopic (exact) mass is 404 g/mol. The predicted octanol–water partition coefficient (Wildman–Crippen LogP) is 3.87. The Labute approximate surface area is 167 Å². The van der Waals surface area contributed by atoms with E-state index >= 15 is 0 Å². The number of hydrogen-bond acceptors (Lipinski definition) is 8. The molecular weight excluding hydrogens is 380 g/mol. The van der Waals surface area contributed by atoms with Crippen LogP contribution in [0, 0.1) is 13.8 Å². The van der Waals surface area contributed by atoms with E-state index in [4.69, 9.17) is 9.47 Å². The van der Waals surface area contributed by atoms with Gasteiger partial charge in [-0.05, 0) is 45.0 Å². The molecule has 0 spiro atoms. The Morgan fingerprint density at radius 1 is 1.15 bits per heavy atom. The average molecular weight is 405 g/mol. The van der Waals surface area contributed by atoms with Crippen molar-refractivity contribution in [2.75, 3.05) is 20.7 Å². The second kappa shape index (κ2) is 9.25. The fraction of sp³-hybridized carbons (Fsp3) is 0.421. The van der Waals surface area contributed by atoms with Gasteiger partial charge in [0.25, 0.3) is 0 Å². The minimum Gasteiger partial charge on any atom is -0.493 e. The molecule has 0 atom stereocenters. The molecule has 0 amide bonds. The van der Waals surface area contributed by atoms with E-state index in [1.54, 1.807) is 29.8 Å². The molecular formula is C19H24N4O2S2. The van der Waals surface area contributed by atoms with Crippen LogP contribution >= 0.6 is 22.7 Å². The molecule has 8 heteroatoms. The summed E-state index contributed by atoms with van der Waals surface area (Å²) in [6, 6.07) is 6.08. The van der Waals surface area contributed by atoms with Crippen LogP contribution in [0.5, 0.6) is 11.5 Å². The normalized spacial score (nSPS) is 11.1. The summed E-state index contributed by atoms with van der Waals surface area (Å²) in [6.07, 6.45) is 1.02. The van der Waals surface area contributed by atoms with Crippen molar-refractivity contribution >= 4 is 22.7 Å². The number of hydrogen-bond donors (Lipinski definition) is 0. The quantitative estimate of drug-likeness (QED) is 0.539. The highest BCUT2D eigenvalue weighted by molar-refractivity contribution is 7.11. The van der Waals surface area contributed by atoms with E-state index < -0.39 is 0 Å². The van der Waals surface area contributed by atoms with Gasteiger partial charge >= 0.3 is 0 Å². The number of likely N-dealkylation sites (N-methyl/N-ethyl adjacent to an activating group) is 1. The number of thiazole rings is 1. The SMILES string of the molecule is COc1ccc(CN(C)CCc2scnc2C)cc1OCc1nnc(C)s1. The van der Waals surface area contributed by atoms with Gasteiger partial charge in [-0.15, -0.1) is 21.5 Å². The first-order valence-corrected chi connectivity index (χ1v) is 10.4. The van der Waals surface area contributed by atoms with E-state index in [9.17, 15) is 0 Å². The lowest BCUT2D eigenvalue weighted by Crippen LogP contribution is -2.20. The van der Waals surface area contributed by atoms with Gasteiger partial charge in [0.05, 0.1) is 18.3 Å². The van der Waals surface area contributed by atoms with Gasteiger partial charge in [-0.25, -0.2) is 4.98 Å². The minimum atomic E-state index is 0.395. The highest BCUT2D eigenvalue weighted by Crippen LogP contribution is 2.29. The van der Waals surface area contributed by atoms with Gasteiger partial charge < -0.3 is 14.4 Å². The Bertz CT molecular complexity index is 878. The molecule has 144 valence electrons. The molecule has 0 fully saturated rings. The molecule has 0 N–H and O–H groups in total. The molecule has 3 rings (SSSR count). The van der Waals surface area contributed by atoms with Gasteiger partial charge in [-0.2, -0.15) is 0 Å². The summed E-state index contributed by atoms with van der Waals surface area (Å²) in [5, 5.41) is 9.92. The number of methoxy groups -OCH3 is 1.